The van der Waals surface area contributed by atoms with E-state index in [1.807, 2.05) is 0 Å². The van der Waals surface area contributed by atoms with Crippen LogP contribution < -0.4 is 25.4 Å². The minimum Gasteiger partial charge on any atom is -0.382 e. The molecule has 1 aliphatic carbocycles. The van der Waals surface area contributed by atoms with E-state index in [9.17, 15) is 0 Å². The normalized spacial score (nSPS) is 19.2. The molecule has 1 atom stereocenters. The average Bonchev–Trinajstić information content (AvgIpc) is 3.96. The van der Waals surface area contributed by atoms with E-state index >= 15 is 0 Å². The van der Waals surface area contributed by atoms with Gasteiger partial charge in [-0.25, -0.2) is 0 Å². The summed E-state index contributed by atoms with van der Waals surface area (Å²) in [5, 5.41) is 2.76. The fourth-order valence-electron chi connectivity index (χ4n) is 13.1. The lowest BCUT2D eigenvalue weighted by molar-refractivity contribution is 0.647. The largest absolute Gasteiger partial charge is 0.421 e. The summed E-state index contributed by atoms with van der Waals surface area (Å²) in [4.78, 5) is 8.53. The molecule has 7 aromatic rings. The first-order valence-electron chi connectivity index (χ1n) is 23.2. The Morgan fingerprint density at radius 2 is 1.21 bits per heavy atom. The van der Waals surface area contributed by atoms with Gasteiger partial charge in [0.25, 0.3) is 0 Å². The molecule has 0 N–H and O–H groups in total. The molecule has 1 unspecified atom stereocenters. The molecule has 5 aliphatic heterocycles. The van der Waals surface area contributed by atoms with Crippen molar-refractivity contribution in [2.24, 2.45) is 5.92 Å². The Balaban J connectivity index is 1.27. The van der Waals surface area contributed by atoms with Crippen LogP contribution in [0, 0.1) is 19.8 Å². The zero-order valence-electron chi connectivity index (χ0n) is 37.9. The van der Waals surface area contributed by atoms with Crippen LogP contribution in [0.5, 0.6) is 0 Å². The Morgan fingerprint density at radius 1 is 0.613 bits per heavy atom. The van der Waals surface area contributed by atoms with Gasteiger partial charge in [0.2, 0.25) is 0 Å². The van der Waals surface area contributed by atoms with Crippen LogP contribution in [0.2, 0.25) is 0 Å². The molecule has 6 heteroatoms. The van der Waals surface area contributed by atoms with Crippen molar-refractivity contribution in [3.05, 3.63) is 165 Å². The Kier molecular flexibility index (Phi) is 7.10. The highest BCUT2D eigenvalue weighted by atomic mass is 15.3. The van der Waals surface area contributed by atoms with E-state index in [2.05, 4.69) is 203 Å². The van der Waals surface area contributed by atoms with E-state index in [0.29, 0.717) is 11.8 Å². The van der Waals surface area contributed by atoms with E-state index in [1.165, 1.54) is 117 Å². The molecule has 304 valence electrons. The zero-order valence-corrected chi connectivity index (χ0v) is 37.9. The number of anilines is 5. The molecule has 0 saturated heterocycles. The molecule has 13 rings (SSSR count). The van der Waals surface area contributed by atoms with Crippen LogP contribution in [-0.4, -0.2) is 24.5 Å². The van der Waals surface area contributed by atoms with Gasteiger partial charge in [0.1, 0.15) is 0 Å². The number of hydrogen-bond donors (Lipinski definition) is 0. The van der Waals surface area contributed by atoms with Crippen molar-refractivity contribution in [2.75, 3.05) is 14.4 Å². The van der Waals surface area contributed by atoms with Crippen LogP contribution in [0.4, 0.5) is 28.4 Å². The molecular formula is C56H54B2N4. The fraction of sp³-hybridized carbons (Fsp3) is 0.286. The monoisotopic (exact) mass is 804 g/mol. The summed E-state index contributed by atoms with van der Waals surface area (Å²) in [7, 11) is 0. The smallest absolute Gasteiger partial charge is 0.382 e. The van der Waals surface area contributed by atoms with Gasteiger partial charge >= 0.3 is 14.0 Å². The molecule has 0 radical (unpaired) electrons. The quantitative estimate of drug-likeness (QED) is 0.162. The highest BCUT2D eigenvalue weighted by Gasteiger charge is 2.60. The molecule has 0 spiro atoms. The van der Waals surface area contributed by atoms with Gasteiger partial charge in [-0.05, 0) is 106 Å². The molecule has 62 heavy (non-hydrogen) atoms. The molecule has 4 nitrogen and oxygen atoms in total. The molecular weight excluding hydrogens is 750 g/mol. The van der Waals surface area contributed by atoms with Crippen molar-refractivity contribution < 1.29 is 0 Å². The maximum atomic E-state index is 2.90. The van der Waals surface area contributed by atoms with E-state index in [4.69, 9.17) is 0 Å². The van der Waals surface area contributed by atoms with Crippen LogP contribution in [0.15, 0.2) is 121 Å². The predicted octanol–water partition coefficient (Wildman–Crippen LogP) is 12.3. The van der Waals surface area contributed by atoms with Crippen molar-refractivity contribution in [3.63, 3.8) is 0 Å². The van der Waals surface area contributed by atoms with Crippen LogP contribution in [0.1, 0.15) is 112 Å². The number of aromatic nitrogens is 1. The fourth-order valence-corrected chi connectivity index (χ4v) is 13.1. The summed E-state index contributed by atoms with van der Waals surface area (Å²) in [6.45, 7) is 23.7. The van der Waals surface area contributed by atoms with Crippen molar-refractivity contribution in [1.29, 1.82) is 0 Å². The summed E-state index contributed by atoms with van der Waals surface area (Å²) in [6.07, 6.45) is 6.17. The summed E-state index contributed by atoms with van der Waals surface area (Å²) in [5.74, 6) is 0.844. The topological polar surface area (TPSA) is 14.7 Å². The lowest BCUT2D eigenvalue weighted by Crippen LogP contribution is -2.58. The summed E-state index contributed by atoms with van der Waals surface area (Å²) < 4.78 is 2.78. The number of nitrogens with zero attached hydrogens (tertiary/aromatic N) is 4. The predicted molar refractivity (Wildman–Crippen MR) is 265 cm³/mol. The van der Waals surface area contributed by atoms with Crippen molar-refractivity contribution in [1.82, 2.24) is 4.48 Å². The van der Waals surface area contributed by atoms with Gasteiger partial charge in [-0.2, -0.15) is 0 Å². The summed E-state index contributed by atoms with van der Waals surface area (Å²) in [6, 6.07) is 41.0. The molecule has 6 aliphatic rings. The number of rotatable bonds is 2. The third kappa shape index (κ3) is 4.32. The molecule has 0 saturated carbocycles. The minimum atomic E-state index is -0.212. The second-order valence-corrected chi connectivity index (χ2v) is 21.0. The second-order valence-electron chi connectivity index (χ2n) is 21.0. The van der Waals surface area contributed by atoms with Crippen LogP contribution in [0.25, 0.3) is 27.4 Å². The molecule has 0 fully saturated rings. The standard InChI is InChI=1S/C56H54B2N4/c1-31(2)35-21-25-45-37(29-35)49-51-54(62-48-24-20-34(6)28-42(48)55(7,8)39-15-11-13-17-43(39)57(62)59(45)51)50-38-30-36(32(3)4)22-26-46(38)60-52(50)53(49)61-47-23-19-33(5)27-41(47)56(9,10)40-16-12-14-18-44(40)58(60)61/h11-25,27-32,46H,26H2,1-10H3. The molecule has 0 bridgehead atoms. The lowest BCUT2D eigenvalue weighted by Gasteiger charge is -2.35. The number of aryl methyl sites for hydroxylation is 2. The number of benzene rings is 6. The van der Waals surface area contributed by atoms with E-state index < -0.39 is 0 Å². The van der Waals surface area contributed by atoms with Gasteiger partial charge in [0.05, 0.1) is 22.6 Å². The van der Waals surface area contributed by atoms with Gasteiger partial charge < -0.3 is 18.9 Å². The van der Waals surface area contributed by atoms with E-state index in [0.717, 1.165) is 6.42 Å². The number of allylic oxidation sites excluding steroid dienone is 2. The van der Waals surface area contributed by atoms with Crippen LogP contribution >= 0.6 is 0 Å². The van der Waals surface area contributed by atoms with Gasteiger partial charge in [0.15, 0.2) is 0 Å². The average molecular weight is 805 g/mol. The first-order valence-corrected chi connectivity index (χ1v) is 23.2. The van der Waals surface area contributed by atoms with Gasteiger partial charge in [-0.15, -0.1) is 0 Å². The molecule has 1 aromatic heterocycles. The van der Waals surface area contributed by atoms with Crippen molar-refractivity contribution in [2.45, 2.75) is 98.4 Å². The third-order valence-electron chi connectivity index (χ3n) is 16.1. The molecule has 6 heterocycles. The highest BCUT2D eigenvalue weighted by molar-refractivity contribution is 6.86. The van der Waals surface area contributed by atoms with E-state index in [-0.39, 0.29) is 30.8 Å². The first kappa shape index (κ1) is 36.8. The second kappa shape index (κ2) is 12.0. The van der Waals surface area contributed by atoms with Crippen molar-refractivity contribution >= 4 is 80.7 Å². The minimum absolute atomic E-state index is 0.00725. The van der Waals surface area contributed by atoms with Crippen LogP contribution in [-0.2, 0) is 10.8 Å². The Morgan fingerprint density at radius 3 is 1.82 bits per heavy atom. The summed E-state index contributed by atoms with van der Waals surface area (Å²) >= 11 is 0. The SMILES string of the molecule is Cc1ccc2c(c1)C(C)(C)c1ccccc1B1N2c2c3c(c4c5c2c2cc(C(C)C)ccc2n5B2c5ccccc5C(C)(C)c5cc(C)ccc5N24)C2=CC(C(C)C)=CCC2N13. The number of fused-ring (bicyclic) bond motifs is 22. The van der Waals surface area contributed by atoms with Crippen LogP contribution in [0.3, 0.4) is 0 Å². The third-order valence-corrected chi connectivity index (χ3v) is 16.1. The lowest BCUT2D eigenvalue weighted by atomic mass is 9.60. The van der Waals surface area contributed by atoms with Gasteiger partial charge in [-0.1, -0.05) is 158 Å². The summed E-state index contributed by atoms with van der Waals surface area (Å²) in [5.41, 5.74) is 25.9. The van der Waals surface area contributed by atoms with Crippen molar-refractivity contribution in [3.8, 4) is 0 Å². The maximum Gasteiger partial charge on any atom is 0.421 e. The highest BCUT2D eigenvalue weighted by Crippen LogP contribution is 2.66. The Bertz CT molecular complexity index is 3250. The Labute approximate surface area is 367 Å². The first-order chi connectivity index (χ1) is 29.8. The van der Waals surface area contributed by atoms with Gasteiger partial charge in [-0.3, -0.25) is 0 Å². The van der Waals surface area contributed by atoms with E-state index in [1.54, 1.807) is 0 Å². The number of hydrogen-bond acceptors (Lipinski definition) is 3. The molecule has 6 aromatic carbocycles. The van der Waals surface area contributed by atoms with Gasteiger partial charge in [0, 0.05) is 50.1 Å². The molecule has 0 amide bonds. The Hall–Kier alpha value is -5.87. The maximum absolute atomic E-state index is 2.90. The zero-order chi connectivity index (χ0) is 42.5.